The van der Waals surface area contributed by atoms with E-state index in [0.717, 1.165) is 23.4 Å². The van der Waals surface area contributed by atoms with Gasteiger partial charge in [0, 0.05) is 38.4 Å². The zero-order valence-electron chi connectivity index (χ0n) is 12.4. The quantitative estimate of drug-likeness (QED) is 0.837. The van der Waals surface area contributed by atoms with Crippen LogP contribution in [0, 0.1) is 19.7 Å². The van der Waals surface area contributed by atoms with Crippen molar-refractivity contribution in [2.75, 3.05) is 32.5 Å². The summed E-state index contributed by atoms with van der Waals surface area (Å²) < 4.78 is 13.8. The number of benzene rings is 1. The van der Waals surface area contributed by atoms with Gasteiger partial charge >= 0.3 is 0 Å². The van der Waals surface area contributed by atoms with Crippen LogP contribution in [0.5, 0.6) is 0 Å². The van der Waals surface area contributed by atoms with Crippen LogP contribution in [-0.4, -0.2) is 37.6 Å². The van der Waals surface area contributed by atoms with Crippen molar-refractivity contribution in [3.8, 4) is 0 Å². The first-order valence-electron chi connectivity index (χ1n) is 6.14. The molecule has 1 aromatic rings. The number of nitrogens with one attached hydrogen (secondary N) is 1. The van der Waals surface area contributed by atoms with Crippen molar-refractivity contribution in [2.24, 2.45) is 0 Å². The van der Waals surface area contributed by atoms with Gasteiger partial charge in [0.1, 0.15) is 5.82 Å². The van der Waals surface area contributed by atoms with Gasteiger partial charge in [0.2, 0.25) is 0 Å². The predicted molar refractivity (Wildman–Crippen MR) is 72.0 cm³/mol. The van der Waals surface area contributed by atoms with E-state index in [-0.39, 0.29) is 44.4 Å². The SMILES string of the molecule is CC[N+](C)(C)CC(=O)Nc1c(C)cc(F)cc1C.[Y]. The Balaban J connectivity index is 0.00000324. The van der Waals surface area contributed by atoms with E-state index in [4.69, 9.17) is 0 Å². The molecule has 0 aliphatic carbocycles. The van der Waals surface area contributed by atoms with Crippen LogP contribution in [0.25, 0.3) is 0 Å². The maximum absolute atomic E-state index is 13.2. The van der Waals surface area contributed by atoms with Crippen LogP contribution < -0.4 is 5.32 Å². The van der Waals surface area contributed by atoms with Crippen LogP contribution in [-0.2, 0) is 37.5 Å². The number of amides is 1. The van der Waals surface area contributed by atoms with Gasteiger partial charge < -0.3 is 9.80 Å². The number of hydrogen-bond donors (Lipinski definition) is 1. The van der Waals surface area contributed by atoms with Gasteiger partial charge in [-0.2, -0.15) is 0 Å². The molecule has 0 aliphatic heterocycles. The largest absolute Gasteiger partial charge is 0.321 e. The minimum atomic E-state index is -0.271. The molecule has 1 rings (SSSR count). The summed E-state index contributed by atoms with van der Waals surface area (Å²) in [7, 11) is 4.01. The van der Waals surface area contributed by atoms with Gasteiger partial charge in [0.25, 0.3) is 5.91 Å². The van der Waals surface area contributed by atoms with Gasteiger partial charge in [-0.1, -0.05) is 0 Å². The molecule has 1 amide bonds. The molecule has 0 fully saturated rings. The van der Waals surface area contributed by atoms with E-state index in [9.17, 15) is 9.18 Å². The second-order valence-electron chi connectivity index (χ2n) is 5.37. The summed E-state index contributed by atoms with van der Waals surface area (Å²) in [4.78, 5) is 12.0. The molecule has 0 spiro atoms. The molecule has 0 aliphatic rings. The molecule has 0 aromatic heterocycles. The molecule has 1 aromatic carbocycles. The Morgan fingerprint density at radius 2 is 1.74 bits per heavy atom. The number of aryl methyl sites for hydroxylation is 2. The van der Waals surface area contributed by atoms with E-state index in [2.05, 4.69) is 5.32 Å². The van der Waals surface area contributed by atoms with Gasteiger partial charge in [0.05, 0.1) is 20.6 Å². The molecular formula is C14H22FN2OY+. The van der Waals surface area contributed by atoms with E-state index >= 15 is 0 Å². The summed E-state index contributed by atoms with van der Waals surface area (Å²) in [5, 5.41) is 2.87. The van der Waals surface area contributed by atoms with Crippen LogP contribution in [0.1, 0.15) is 18.1 Å². The van der Waals surface area contributed by atoms with Gasteiger partial charge in [0.15, 0.2) is 6.54 Å². The van der Waals surface area contributed by atoms with E-state index in [1.807, 2.05) is 21.0 Å². The van der Waals surface area contributed by atoms with E-state index < -0.39 is 0 Å². The van der Waals surface area contributed by atoms with Crippen LogP contribution in [0.4, 0.5) is 10.1 Å². The van der Waals surface area contributed by atoms with Crippen LogP contribution in [0.15, 0.2) is 12.1 Å². The van der Waals surface area contributed by atoms with Crippen molar-refractivity contribution in [3.63, 3.8) is 0 Å². The number of carbonyl (C=O) groups is 1. The van der Waals surface area contributed by atoms with Gasteiger partial charge in [-0.15, -0.1) is 0 Å². The fourth-order valence-corrected chi connectivity index (χ4v) is 1.79. The summed E-state index contributed by atoms with van der Waals surface area (Å²) in [6, 6.07) is 2.87. The minimum Gasteiger partial charge on any atom is -0.321 e. The third kappa shape index (κ3) is 5.68. The Bertz CT molecular complexity index is 438. The van der Waals surface area contributed by atoms with Crippen molar-refractivity contribution in [1.82, 2.24) is 0 Å². The van der Waals surface area contributed by atoms with Crippen molar-refractivity contribution in [2.45, 2.75) is 20.8 Å². The zero-order chi connectivity index (χ0) is 13.9. The topological polar surface area (TPSA) is 29.1 Å². The van der Waals surface area contributed by atoms with Crippen LogP contribution in [0.3, 0.4) is 0 Å². The second-order valence-corrected chi connectivity index (χ2v) is 5.37. The van der Waals surface area contributed by atoms with E-state index in [1.165, 1.54) is 12.1 Å². The Hall–Kier alpha value is -0.316. The summed E-state index contributed by atoms with van der Waals surface area (Å²) in [5.41, 5.74) is 2.22. The van der Waals surface area contributed by atoms with Gasteiger partial charge in [-0.05, 0) is 44.0 Å². The van der Waals surface area contributed by atoms with Gasteiger partial charge in [-0.3, -0.25) is 4.79 Å². The molecule has 5 heteroatoms. The zero-order valence-corrected chi connectivity index (χ0v) is 15.2. The third-order valence-corrected chi connectivity index (χ3v) is 3.19. The number of hydrogen-bond acceptors (Lipinski definition) is 1. The Kier molecular flexibility index (Phi) is 7.34. The molecule has 3 nitrogen and oxygen atoms in total. The molecular weight excluding hydrogens is 320 g/mol. The number of likely N-dealkylation sites (N-methyl/N-ethyl adjacent to an activating group) is 1. The first-order valence-corrected chi connectivity index (χ1v) is 6.14. The van der Waals surface area contributed by atoms with Gasteiger partial charge in [-0.25, -0.2) is 4.39 Å². The second kappa shape index (κ2) is 7.46. The Morgan fingerprint density at radius 3 is 2.16 bits per heavy atom. The summed E-state index contributed by atoms with van der Waals surface area (Å²) in [6.45, 7) is 6.93. The number of anilines is 1. The molecule has 19 heavy (non-hydrogen) atoms. The molecule has 103 valence electrons. The molecule has 0 atom stereocenters. The van der Waals surface area contributed by atoms with E-state index in [1.54, 1.807) is 13.8 Å². The molecule has 0 saturated heterocycles. The van der Waals surface area contributed by atoms with Crippen molar-refractivity contribution in [3.05, 3.63) is 29.1 Å². The van der Waals surface area contributed by atoms with Crippen molar-refractivity contribution >= 4 is 11.6 Å². The predicted octanol–water partition coefficient (Wildman–Crippen LogP) is 2.47. The maximum Gasteiger partial charge on any atom is 0.279 e. The molecule has 0 bridgehead atoms. The first-order chi connectivity index (χ1) is 8.25. The smallest absolute Gasteiger partial charge is 0.279 e. The maximum atomic E-state index is 13.2. The number of rotatable bonds is 4. The molecule has 0 unspecified atom stereocenters. The molecule has 0 saturated carbocycles. The van der Waals surface area contributed by atoms with E-state index in [0.29, 0.717) is 11.0 Å². The summed E-state index contributed by atoms with van der Waals surface area (Å²) >= 11 is 0. The average Bonchev–Trinajstić information content (AvgIpc) is 2.22. The summed E-state index contributed by atoms with van der Waals surface area (Å²) in [5.74, 6) is -0.313. The summed E-state index contributed by atoms with van der Waals surface area (Å²) in [6.07, 6.45) is 0. The first kappa shape index (κ1) is 18.7. The number of carbonyl (C=O) groups excluding carboxylic acids is 1. The minimum absolute atomic E-state index is 0. The third-order valence-electron chi connectivity index (χ3n) is 3.19. The molecule has 1 radical (unpaired) electrons. The van der Waals surface area contributed by atoms with Crippen LogP contribution in [0.2, 0.25) is 0 Å². The Morgan fingerprint density at radius 1 is 1.26 bits per heavy atom. The normalized spacial score (nSPS) is 10.8. The standard InChI is InChI=1S/C14H21FN2O.Y/c1-6-17(4,5)9-13(18)16-14-10(2)7-12(15)8-11(14)3;/h7-8H,6,9H2,1-5H3;/p+1. The van der Waals surface area contributed by atoms with Crippen LogP contribution >= 0.6 is 0 Å². The molecule has 1 N–H and O–H groups in total. The van der Waals surface area contributed by atoms with Crippen molar-refractivity contribution in [1.29, 1.82) is 0 Å². The Labute approximate surface area is 140 Å². The fraction of sp³-hybridized carbons (Fsp3) is 0.500. The number of nitrogens with zero attached hydrogens (tertiary/aromatic N) is 1. The number of halogens is 1. The number of quaternary nitrogens is 1. The molecule has 0 heterocycles. The average molecular weight is 342 g/mol. The van der Waals surface area contributed by atoms with Crippen molar-refractivity contribution < 1.29 is 46.4 Å². The monoisotopic (exact) mass is 342 g/mol. The fourth-order valence-electron chi connectivity index (χ4n) is 1.79.